The molecule has 1 unspecified atom stereocenters. The van der Waals surface area contributed by atoms with Gasteiger partial charge in [-0.3, -0.25) is 4.79 Å². The molecule has 0 aromatic rings. The van der Waals surface area contributed by atoms with Gasteiger partial charge in [-0.05, 0) is 56.9 Å². The smallest absolute Gasteiger partial charge is 0.222 e. The van der Waals surface area contributed by atoms with Crippen molar-refractivity contribution in [3.63, 3.8) is 0 Å². The summed E-state index contributed by atoms with van der Waals surface area (Å²) in [4.78, 5) is 14.1. The average Bonchev–Trinajstić information content (AvgIpc) is 3.00. The molecule has 3 nitrogen and oxygen atoms in total. The maximum atomic E-state index is 12.0. The third-order valence-corrected chi connectivity index (χ3v) is 4.72. The van der Waals surface area contributed by atoms with E-state index in [-0.39, 0.29) is 0 Å². The summed E-state index contributed by atoms with van der Waals surface area (Å²) in [5, 5.41) is 3.61. The van der Waals surface area contributed by atoms with Crippen molar-refractivity contribution in [2.75, 3.05) is 19.6 Å². The second kappa shape index (κ2) is 4.97. The minimum atomic E-state index is 0.422. The Hall–Kier alpha value is -0.570. The third-order valence-electron chi connectivity index (χ3n) is 4.72. The molecule has 2 heterocycles. The van der Waals surface area contributed by atoms with Crippen LogP contribution in [0.1, 0.15) is 44.9 Å². The molecule has 1 N–H and O–H groups in total. The molecular weight excluding hydrogens is 212 g/mol. The molecule has 0 spiro atoms. The van der Waals surface area contributed by atoms with Gasteiger partial charge in [0.2, 0.25) is 5.91 Å². The lowest BCUT2D eigenvalue weighted by Crippen LogP contribution is -2.43. The SMILES string of the molecule is O=C(CC1CC1)N1CCC(C2CCCN2)CC1. The van der Waals surface area contributed by atoms with Crippen LogP contribution in [0.25, 0.3) is 0 Å². The van der Waals surface area contributed by atoms with Crippen LogP contribution in [-0.2, 0) is 4.79 Å². The summed E-state index contributed by atoms with van der Waals surface area (Å²) in [5.74, 6) is 1.98. The fraction of sp³-hybridized carbons (Fsp3) is 0.929. The van der Waals surface area contributed by atoms with Gasteiger partial charge in [0, 0.05) is 25.6 Å². The minimum absolute atomic E-state index is 0.422. The van der Waals surface area contributed by atoms with Crippen molar-refractivity contribution in [2.24, 2.45) is 11.8 Å². The first-order valence-corrected chi connectivity index (χ1v) is 7.34. The summed E-state index contributed by atoms with van der Waals surface area (Å²) in [6.45, 7) is 3.22. The second-order valence-electron chi connectivity index (χ2n) is 6.07. The zero-order chi connectivity index (χ0) is 11.7. The Kier molecular flexibility index (Phi) is 3.37. The zero-order valence-electron chi connectivity index (χ0n) is 10.7. The summed E-state index contributed by atoms with van der Waals surface area (Å²) in [5.41, 5.74) is 0. The van der Waals surface area contributed by atoms with Crippen molar-refractivity contribution in [2.45, 2.75) is 51.0 Å². The van der Waals surface area contributed by atoms with Crippen LogP contribution in [0.4, 0.5) is 0 Å². The van der Waals surface area contributed by atoms with Crippen LogP contribution >= 0.6 is 0 Å². The fourth-order valence-electron chi connectivity index (χ4n) is 3.36. The van der Waals surface area contributed by atoms with Gasteiger partial charge in [-0.25, -0.2) is 0 Å². The predicted molar refractivity (Wildman–Crippen MR) is 67.7 cm³/mol. The minimum Gasteiger partial charge on any atom is -0.343 e. The normalized spacial score (nSPS) is 30.8. The Labute approximate surface area is 104 Å². The van der Waals surface area contributed by atoms with Crippen LogP contribution in [0.15, 0.2) is 0 Å². The maximum absolute atomic E-state index is 12.0. The summed E-state index contributed by atoms with van der Waals surface area (Å²) >= 11 is 0. The van der Waals surface area contributed by atoms with E-state index in [0.717, 1.165) is 37.4 Å². The molecule has 3 fully saturated rings. The Morgan fingerprint density at radius 1 is 1.12 bits per heavy atom. The molecular formula is C14H24N2O. The van der Waals surface area contributed by atoms with E-state index in [1.54, 1.807) is 0 Å². The molecule has 0 aromatic heterocycles. The zero-order valence-corrected chi connectivity index (χ0v) is 10.7. The van der Waals surface area contributed by atoms with Crippen LogP contribution in [0.3, 0.4) is 0 Å². The number of amides is 1. The molecule has 2 aliphatic heterocycles. The fourth-order valence-corrected chi connectivity index (χ4v) is 3.36. The lowest BCUT2D eigenvalue weighted by atomic mass is 9.88. The number of carbonyl (C=O) groups excluding carboxylic acids is 1. The predicted octanol–water partition coefficient (Wildman–Crippen LogP) is 1.78. The Morgan fingerprint density at radius 3 is 2.47 bits per heavy atom. The monoisotopic (exact) mass is 236 g/mol. The Bertz CT molecular complexity index is 274. The van der Waals surface area contributed by atoms with Crippen LogP contribution < -0.4 is 5.32 Å². The largest absolute Gasteiger partial charge is 0.343 e. The highest BCUT2D eigenvalue weighted by atomic mass is 16.2. The van der Waals surface area contributed by atoms with Gasteiger partial charge >= 0.3 is 0 Å². The molecule has 1 aliphatic carbocycles. The lowest BCUT2D eigenvalue weighted by Gasteiger charge is -2.35. The van der Waals surface area contributed by atoms with E-state index in [4.69, 9.17) is 0 Å². The number of carbonyl (C=O) groups is 1. The summed E-state index contributed by atoms with van der Waals surface area (Å²) in [6, 6.07) is 0.746. The van der Waals surface area contributed by atoms with E-state index in [0.29, 0.717) is 5.91 Å². The van der Waals surface area contributed by atoms with Crippen molar-refractivity contribution in [3.05, 3.63) is 0 Å². The van der Waals surface area contributed by atoms with E-state index in [9.17, 15) is 4.79 Å². The molecule has 1 amide bonds. The van der Waals surface area contributed by atoms with Crippen molar-refractivity contribution in [1.82, 2.24) is 10.2 Å². The summed E-state index contributed by atoms with van der Waals surface area (Å²) in [7, 11) is 0. The standard InChI is InChI=1S/C14H24N2O/c17-14(10-11-3-4-11)16-8-5-12(6-9-16)13-2-1-7-15-13/h11-13,15H,1-10H2. The van der Waals surface area contributed by atoms with Crippen molar-refractivity contribution in [3.8, 4) is 0 Å². The molecule has 3 rings (SSSR count). The van der Waals surface area contributed by atoms with Gasteiger partial charge in [-0.2, -0.15) is 0 Å². The first-order chi connectivity index (χ1) is 8.33. The number of piperidine rings is 1. The van der Waals surface area contributed by atoms with E-state index in [1.165, 1.54) is 45.1 Å². The summed E-state index contributed by atoms with van der Waals surface area (Å²) < 4.78 is 0. The number of likely N-dealkylation sites (tertiary alicyclic amines) is 1. The van der Waals surface area contributed by atoms with E-state index < -0.39 is 0 Å². The molecule has 0 aromatic carbocycles. The third kappa shape index (κ3) is 2.82. The average molecular weight is 236 g/mol. The van der Waals surface area contributed by atoms with Gasteiger partial charge in [0.25, 0.3) is 0 Å². The molecule has 3 heteroatoms. The van der Waals surface area contributed by atoms with Crippen LogP contribution in [0, 0.1) is 11.8 Å². The Balaban J connectivity index is 1.44. The number of nitrogens with zero attached hydrogens (tertiary/aromatic N) is 1. The highest BCUT2D eigenvalue weighted by Crippen LogP contribution is 2.33. The topological polar surface area (TPSA) is 32.3 Å². The van der Waals surface area contributed by atoms with E-state index >= 15 is 0 Å². The van der Waals surface area contributed by atoms with Gasteiger partial charge in [0.15, 0.2) is 0 Å². The van der Waals surface area contributed by atoms with Gasteiger partial charge in [-0.1, -0.05) is 0 Å². The van der Waals surface area contributed by atoms with Crippen LogP contribution in [0.2, 0.25) is 0 Å². The molecule has 1 saturated carbocycles. The first kappa shape index (κ1) is 11.5. The summed E-state index contributed by atoms with van der Waals surface area (Å²) in [6.07, 6.45) is 8.52. The van der Waals surface area contributed by atoms with Gasteiger partial charge in [-0.15, -0.1) is 0 Å². The van der Waals surface area contributed by atoms with Gasteiger partial charge in [0.1, 0.15) is 0 Å². The first-order valence-electron chi connectivity index (χ1n) is 7.34. The molecule has 1 atom stereocenters. The highest BCUT2D eigenvalue weighted by molar-refractivity contribution is 5.76. The number of hydrogen-bond acceptors (Lipinski definition) is 2. The van der Waals surface area contributed by atoms with Crippen LogP contribution in [0.5, 0.6) is 0 Å². The quantitative estimate of drug-likeness (QED) is 0.810. The van der Waals surface area contributed by atoms with E-state index in [1.807, 2.05) is 0 Å². The van der Waals surface area contributed by atoms with Gasteiger partial charge < -0.3 is 10.2 Å². The maximum Gasteiger partial charge on any atom is 0.222 e. The van der Waals surface area contributed by atoms with Crippen LogP contribution in [-0.4, -0.2) is 36.5 Å². The second-order valence-corrected chi connectivity index (χ2v) is 6.07. The molecule has 3 aliphatic rings. The molecule has 0 bridgehead atoms. The molecule has 2 saturated heterocycles. The number of nitrogens with one attached hydrogen (secondary N) is 1. The molecule has 96 valence electrons. The highest BCUT2D eigenvalue weighted by Gasteiger charge is 2.32. The molecule has 17 heavy (non-hydrogen) atoms. The Morgan fingerprint density at radius 2 is 1.88 bits per heavy atom. The van der Waals surface area contributed by atoms with Crippen molar-refractivity contribution < 1.29 is 4.79 Å². The van der Waals surface area contributed by atoms with Crippen molar-refractivity contribution in [1.29, 1.82) is 0 Å². The number of rotatable bonds is 3. The molecule has 0 radical (unpaired) electrons. The number of hydrogen-bond donors (Lipinski definition) is 1. The van der Waals surface area contributed by atoms with Crippen molar-refractivity contribution >= 4 is 5.91 Å². The van der Waals surface area contributed by atoms with E-state index in [2.05, 4.69) is 10.2 Å². The lowest BCUT2D eigenvalue weighted by molar-refractivity contribution is -0.133. The van der Waals surface area contributed by atoms with Gasteiger partial charge in [0.05, 0.1) is 0 Å².